The minimum Gasteiger partial charge on any atom is -0.493 e. The van der Waals surface area contributed by atoms with E-state index in [4.69, 9.17) is 53.4 Å². The van der Waals surface area contributed by atoms with Crippen LogP contribution >= 0.6 is 48.0 Å². The fraction of sp³-hybridized carbons (Fsp3) is 0.607. The number of aromatic nitrogens is 4. The molecule has 0 aliphatic carbocycles. The predicted octanol–water partition coefficient (Wildman–Crippen LogP) is 32.6. The number of aromatic amines is 2. The summed E-state index contributed by atoms with van der Waals surface area (Å²) in [5.74, 6) is 18.6. The van der Waals surface area contributed by atoms with Crippen molar-refractivity contribution in [2.24, 2.45) is 11.8 Å². The van der Waals surface area contributed by atoms with Gasteiger partial charge in [-0.05, 0) is 143 Å². The summed E-state index contributed by atoms with van der Waals surface area (Å²) in [4.78, 5) is 52.6. The third-order valence-corrected chi connectivity index (χ3v) is 28.4. The summed E-state index contributed by atoms with van der Waals surface area (Å²) in [7, 11) is 0. The predicted molar refractivity (Wildman–Crippen MR) is 558 cm³/mol. The molecule has 8 bridgehead atoms. The molecule has 7 heterocycles. The summed E-state index contributed by atoms with van der Waals surface area (Å²) in [6.45, 7) is 25.2. The number of thioether (sulfide) groups is 2. The molecule has 2 amide bonds. The van der Waals surface area contributed by atoms with Crippen molar-refractivity contribution in [3.8, 4) is 46.7 Å². The van der Waals surface area contributed by atoms with E-state index in [1.165, 1.54) is 209 Å². The Morgan fingerprint density at radius 1 is 0.344 bits per heavy atom. The highest BCUT2D eigenvalue weighted by Crippen LogP contribution is 2.41. The number of ether oxygens (including phenoxy) is 4. The quantitative estimate of drug-likeness (QED) is 0.0163. The van der Waals surface area contributed by atoms with E-state index in [9.17, 15) is 9.59 Å². The Morgan fingerprint density at radius 3 is 0.938 bits per heavy atom. The van der Waals surface area contributed by atoms with Gasteiger partial charge in [-0.1, -0.05) is 410 Å². The lowest BCUT2D eigenvalue weighted by Gasteiger charge is -2.18. The molecule has 2 atom stereocenters. The molecule has 0 spiro atoms. The zero-order valence-electron chi connectivity index (χ0n) is 80.7. The summed E-state index contributed by atoms with van der Waals surface area (Å²) >= 11 is 14.3. The van der Waals surface area contributed by atoms with Crippen molar-refractivity contribution in [3.63, 3.8) is 0 Å². The van der Waals surface area contributed by atoms with Crippen molar-refractivity contribution in [1.82, 2.24) is 29.7 Å². The molecule has 4 aliphatic rings. The normalized spacial score (nSPS) is 14.3. The van der Waals surface area contributed by atoms with E-state index in [-0.39, 0.29) is 11.8 Å². The first-order valence-corrected chi connectivity index (χ1v) is 53.8. The van der Waals surface area contributed by atoms with Crippen molar-refractivity contribution in [2.75, 3.05) is 39.5 Å². The van der Waals surface area contributed by atoms with Gasteiger partial charge in [0, 0.05) is 52.9 Å². The first-order chi connectivity index (χ1) is 62.8. The number of H-pyrrole nitrogens is 2. The number of thiocarbonyl (C=S) groups is 2. The molecule has 16 heteroatoms. The number of carbonyl (C=O) groups is 2. The lowest BCUT2D eigenvalue weighted by atomic mass is 9.87. The number of likely N-dealkylation sites (N-methyl/N-ethyl adjacent to an activating group) is 2. The summed E-state index contributed by atoms with van der Waals surface area (Å²) < 4.78 is 28.7. The number of fused-ring (bicyclic) bond motifs is 8. The molecule has 128 heavy (non-hydrogen) atoms. The average molecular weight is 1810 g/mol. The van der Waals surface area contributed by atoms with Gasteiger partial charge in [-0.3, -0.25) is 19.4 Å². The Balaban J connectivity index is 1.34. The second kappa shape index (κ2) is 60.7. The third-order valence-electron chi connectivity index (χ3n) is 25.7. The fourth-order valence-electron chi connectivity index (χ4n) is 17.8. The van der Waals surface area contributed by atoms with Crippen LogP contribution in [0.2, 0.25) is 0 Å². The Morgan fingerprint density at radius 2 is 0.625 bits per heavy atom. The number of hydrogen-bond acceptors (Lipinski definition) is 12. The largest absolute Gasteiger partial charge is 0.493 e. The zero-order chi connectivity index (χ0) is 90.7. The van der Waals surface area contributed by atoms with Gasteiger partial charge in [0.2, 0.25) is 0 Å². The zero-order valence-corrected chi connectivity index (χ0v) is 84.0. The number of carbonyl (C=O) groups excluding carboxylic acids is 2. The molecule has 2 fully saturated rings. The number of nitrogens with zero attached hydrogens (tertiary/aromatic N) is 4. The summed E-state index contributed by atoms with van der Waals surface area (Å²) in [5.41, 5.74) is 14.1. The highest BCUT2D eigenvalue weighted by atomic mass is 32.2. The van der Waals surface area contributed by atoms with E-state index in [0.717, 1.165) is 214 Å². The summed E-state index contributed by atoms with van der Waals surface area (Å²) in [6, 6.07) is 17.3. The molecule has 2 N–H and O–H groups in total. The standard InChI is InChI=1S/C112H160N6O6S4/c1-11-21-29-37-41-43-47-51-59-85(57-49-45-39-31-23-13-3)77-93-99-69-65-95(113-99)91(63-61-87-79-105(123-75-55-35-27-17-7)89(81-103(87)121-73-53-33-25-15-5)83-107-109(119)117(19-9)111(125)127-107)97-67-71-101(115-97)94(78-86(58-50-46-40-32-24-14-4)60-52-48-44-42-38-30-22-12-2)102-72-68-98(116-102)92(96-66-70-100(93)114-96)64-62-88-80-106(124-76-56-36-28-18-8)90(82-104(88)122-74-54-34-26-16-6)84-108-110(120)118(20-10)112(126)128-108/h65-72,79-86,113-114H,11-60,73-78H2,1-10H3/b95-91?,96-92?,97-91?,98-92?,99-93?,100-93?,101-94?,102-94?,107-83-,108-84-. The monoisotopic (exact) mass is 1810 g/mol. The number of nitrogens with one attached hydrogen (secondary N) is 2. The average Bonchev–Trinajstić information content (AvgIpc) is 1.60. The van der Waals surface area contributed by atoms with E-state index >= 15 is 0 Å². The highest BCUT2D eigenvalue weighted by Gasteiger charge is 2.33. The maximum Gasteiger partial charge on any atom is 0.266 e. The van der Waals surface area contributed by atoms with E-state index in [2.05, 4.69) is 150 Å². The molecule has 2 unspecified atom stereocenters. The van der Waals surface area contributed by atoms with E-state index < -0.39 is 0 Å². The van der Waals surface area contributed by atoms with Crippen molar-refractivity contribution in [2.45, 2.75) is 390 Å². The van der Waals surface area contributed by atoms with Gasteiger partial charge in [0.15, 0.2) is 0 Å². The summed E-state index contributed by atoms with van der Waals surface area (Å²) in [6.07, 6.45) is 71.3. The SMILES string of the molecule is CCCCCCCCCCC(CCCCCCCC)Cc1c2nc(c(C#Cc3cc(OCCCCCC)c(/C=C4\SC(=S)N(CC)C4=O)cc3OCCCCCC)c3ccc([nH]3)c(CC(CCCCCCCC)CCCCCCCCCC)c3ccc([nH]3)c(C#Cc3cc(OCCCCCC)c(/C=C4\SC(=S)N(CC)C4=O)cc3OCCCCCC)c3nc1C=C3)C=C2. The van der Waals surface area contributed by atoms with Crippen LogP contribution in [0.3, 0.4) is 0 Å². The number of unbranched alkanes of at least 4 members (excludes halogenated alkanes) is 36. The topological polar surface area (TPSA) is 135 Å². The molecule has 5 aromatic rings. The van der Waals surface area contributed by atoms with E-state index in [1.807, 2.05) is 38.1 Å². The molecular weight excluding hydrogens is 1650 g/mol. The molecule has 0 radical (unpaired) electrons. The molecule has 2 aromatic carbocycles. The van der Waals surface area contributed by atoms with Gasteiger partial charge < -0.3 is 28.9 Å². The molecule has 0 saturated carbocycles. The fourth-order valence-corrected chi connectivity index (χ4v) is 20.6. The van der Waals surface area contributed by atoms with Crippen molar-refractivity contribution in [3.05, 3.63) is 126 Å². The van der Waals surface area contributed by atoms with Gasteiger partial charge in [-0.25, -0.2) is 9.97 Å². The van der Waals surface area contributed by atoms with Crippen LogP contribution in [-0.4, -0.2) is 89.7 Å². The number of amides is 2. The lowest BCUT2D eigenvalue weighted by Crippen LogP contribution is -2.27. The Bertz CT molecular complexity index is 4460. The number of hydrogen-bond donors (Lipinski definition) is 2. The van der Waals surface area contributed by atoms with E-state index in [0.29, 0.717) is 104 Å². The Hall–Kier alpha value is -7.34. The van der Waals surface area contributed by atoms with Crippen LogP contribution in [0.1, 0.15) is 445 Å². The number of rotatable bonds is 64. The molecular formula is C112H160N6O6S4. The van der Waals surface area contributed by atoms with Gasteiger partial charge in [0.05, 0.1) is 92.3 Å². The third kappa shape index (κ3) is 34.4. The minimum atomic E-state index is -0.0946. The maximum atomic E-state index is 14.0. The molecule has 9 rings (SSSR count). The molecule has 2 saturated heterocycles. The molecule has 698 valence electrons. The van der Waals surface area contributed by atoms with Crippen molar-refractivity contribution < 1.29 is 28.5 Å². The Kier molecular flexibility index (Phi) is 49.5. The first-order valence-electron chi connectivity index (χ1n) is 51.4. The van der Waals surface area contributed by atoms with Gasteiger partial charge in [0.1, 0.15) is 31.6 Å². The van der Waals surface area contributed by atoms with Crippen LogP contribution in [-0.2, 0) is 22.4 Å². The second-order valence-electron chi connectivity index (χ2n) is 36.3. The molecule has 4 aliphatic heterocycles. The van der Waals surface area contributed by atoms with Crippen molar-refractivity contribution in [1.29, 1.82) is 0 Å². The van der Waals surface area contributed by atoms with Gasteiger partial charge in [-0.15, -0.1) is 0 Å². The van der Waals surface area contributed by atoms with Crippen LogP contribution in [0.5, 0.6) is 23.0 Å². The van der Waals surface area contributed by atoms with Crippen LogP contribution in [0.25, 0.3) is 58.5 Å². The molecule has 12 nitrogen and oxygen atoms in total. The van der Waals surface area contributed by atoms with Crippen LogP contribution in [0.4, 0.5) is 0 Å². The van der Waals surface area contributed by atoms with Gasteiger partial charge >= 0.3 is 0 Å². The van der Waals surface area contributed by atoms with E-state index in [1.54, 1.807) is 9.80 Å². The van der Waals surface area contributed by atoms with Crippen LogP contribution in [0, 0.1) is 35.5 Å². The smallest absolute Gasteiger partial charge is 0.266 e. The maximum absolute atomic E-state index is 14.0. The van der Waals surface area contributed by atoms with Gasteiger partial charge in [0.25, 0.3) is 11.8 Å². The van der Waals surface area contributed by atoms with Crippen LogP contribution in [0.15, 0.2) is 58.3 Å². The first kappa shape index (κ1) is 104. The summed E-state index contributed by atoms with van der Waals surface area (Å²) in [5, 5.41) is 0. The lowest BCUT2D eigenvalue weighted by molar-refractivity contribution is -0.122. The molecule has 3 aromatic heterocycles. The Labute approximate surface area is 793 Å². The van der Waals surface area contributed by atoms with Gasteiger partial charge in [-0.2, -0.15) is 0 Å². The second-order valence-corrected chi connectivity index (χ2v) is 39.6. The van der Waals surface area contributed by atoms with Crippen LogP contribution < -0.4 is 18.9 Å². The minimum absolute atomic E-state index is 0.0946. The number of benzene rings is 2. The highest BCUT2D eigenvalue weighted by molar-refractivity contribution is 8.27. The van der Waals surface area contributed by atoms with Crippen molar-refractivity contribution >= 4 is 127 Å².